The molecule has 0 radical (unpaired) electrons. The number of allylic oxidation sites excluding steroid dienone is 7. The highest BCUT2D eigenvalue weighted by molar-refractivity contribution is 5.79. The number of aromatic nitrogens is 1. The van der Waals surface area contributed by atoms with Crippen LogP contribution in [0.25, 0.3) is 23.3 Å². The van der Waals surface area contributed by atoms with Gasteiger partial charge in [0.2, 0.25) is 0 Å². The first-order chi connectivity index (χ1) is 18.1. The van der Waals surface area contributed by atoms with E-state index in [-0.39, 0.29) is 0 Å². The van der Waals surface area contributed by atoms with Gasteiger partial charge in [0, 0.05) is 29.7 Å². The van der Waals surface area contributed by atoms with Crippen LogP contribution in [0.15, 0.2) is 96.5 Å². The summed E-state index contributed by atoms with van der Waals surface area (Å²) >= 11 is 0. The second-order valence-electron chi connectivity index (χ2n) is 10.5. The number of aryl methyl sites for hydroxylation is 2. The average molecular weight is 483 g/mol. The van der Waals surface area contributed by atoms with E-state index in [1.165, 1.54) is 57.5 Å². The Balaban J connectivity index is 0.000000235. The zero-order chi connectivity index (χ0) is 25.2. The lowest BCUT2D eigenvalue weighted by atomic mass is 9.74. The van der Waals surface area contributed by atoms with Crippen LogP contribution in [-0.2, 0) is 12.8 Å². The molecule has 0 saturated heterocycles. The zero-order valence-electron chi connectivity index (χ0n) is 21.8. The van der Waals surface area contributed by atoms with Gasteiger partial charge in [-0.15, -0.1) is 0 Å². The third-order valence-electron chi connectivity index (χ3n) is 7.85. The summed E-state index contributed by atoms with van der Waals surface area (Å²) in [7, 11) is 0. The van der Waals surface area contributed by atoms with E-state index in [2.05, 4.69) is 102 Å². The number of nitrogens with one attached hydrogen (secondary N) is 1. The molecule has 37 heavy (non-hydrogen) atoms. The van der Waals surface area contributed by atoms with E-state index >= 15 is 0 Å². The molecule has 3 heterocycles. The first kappa shape index (κ1) is 23.5. The Morgan fingerprint density at radius 2 is 1.84 bits per heavy atom. The Morgan fingerprint density at radius 3 is 2.68 bits per heavy atom. The smallest absolute Gasteiger partial charge is 0.0373 e. The third-order valence-corrected chi connectivity index (χ3v) is 7.85. The molecule has 1 atom stereocenters. The molecule has 2 aliphatic heterocycles. The summed E-state index contributed by atoms with van der Waals surface area (Å²) in [5.41, 5.74) is 15.1. The highest BCUT2D eigenvalue weighted by Crippen LogP contribution is 2.44. The minimum atomic E-state index is 0.404. The molecule has 184 valence electrons. The van der Waals surface area contributed by atoms with Crippen molar-refractivity contribution in [1.29, 1.82) is 0 Å². The molecule has 0 fully saturated rings. The topological polar surface area (TPSA) is 24.9 Å². The number of pyridine rings is 1. The van der Waals surface area contributed by atoms with Crippen molar-refractivity contribution in [1.82, 2.24) is 10.3 Å². The molecule has 0 saturated carbocycles. The number of benzene rings is 2. The van der Waals surface area contributed by atoms with E-state index in [9.17, 15) is 0 Å². The molecule has 8 rings (SSSR count). The van der Waals surface area contributed by atoms with E-state index in [1.54, 1.807) is 11.1 Å². The summed E-state index contributed by atoms with van der Waals surface area (Å²) in [5.74, 6) is 0.404. The molecular weight excluding hydrogens is 448 g/mol. The maximum Gasteiger partial charge on any atom is 0.0373 e. The molecule has 1 N–H and O–H groups in total. The second kappa shape index (κ2) is 10.2. The number of hydrogen-bond donors (Lipinski definition) is 1. The molecule has 0 spiro atoms. The highest BCUT2D eigenvalue weighted by Gasteiger charge is 2.26. The maximum absolute atomic E-state index is 4.43. The summed E-state index contributed by atoms with van der Waals surface area (Å²) in [5, 5.41) is 3.20. The predicted molar refractivity (Wildman–Crippen MR) is 156 cm³/mol. The largest absolute Gasteiger partial charge is 0.365 e. The van der Waals surface area contributed by atoms with Gasteiger partial charge in [0.05, 0.1) is 0 Å². The van der Waals surface area contributed by atoms with Crippen LogP contribution < -0.4 is 5.32 Å². The summed E-state index contributed by atoms with van der Waals surface area (Å²) in [4.78, 5) is 4.43. The van der Waals surface area contributed by atoms with Crippen molar-refractivity contribution in [2.75, 3.05) is 0 Å². The minimum absolute atomic E-state index is 0.404. The van der Waals surface area contributed by atoms with Crippen molar-refractivity contribution < 1.29 is 0 Å². The Morgan fingerprint density at radius 1 is 0.892 bits per heavy atom. The van der Waals surface area contributed by atoms with E-state index in [0.717, 1.165) is 25.0 Å². The number of fused-ring (bicyclic) bond motifs is 8. The Hall–Kier alpha value is -3.91. The quantitative estimate of drug-likeness (QED) is 0.397. The summed E-state index contributed by atoms with van der Waals surface area (Å²) in [6.45, 7) is 4.22. The zero-order valence-corrected chi connectivity index (χ0v) is 21.8. The van der Waals surface area contributed by atoms with Gasteiger partial charge in [-0.25, -0.2) is 0 Å². The van der Waals surface area contributed by atoms with Crippen LogP contribution >= 0.6 is 0 Å². The SMILES string of the molecule is C1=CC2=CC=C(CC2)N1.Cc1ccc2c(c1)-c1ccc3c(c1CC2/C=C/c1ccc(C)nc1)CCC=C3. The van der Waals surface area contributed by atoms with Gasteiger partial charge < -0.3 is 5.32 Å². The second-order valence-corrected chi connectivity index (χ2v) is 10.5. The van der Waals surface area contributed by atoms with Gasteiger partial charge in [-0.05, 0) is 109 Å². The lowest BCUT2D eigenvalue weighted by Gasteiger charge is -2.30. The summed E-state index contributed by atoms with van der Waals surface area (Å²) < 4.78 is 0. The Labute approximate surface area is 220 Å². The molecule has 3 aliphatic carbocycles. The van der Waals surface area contributed by atoms with Crippen molar-refractivity contribution in [2.45, 2.75) is 51.9 Å². The lowest BCUT2D eigenvalue weighted by Crippen LogP contribution is -2.13. The standard InChI is InChI=1S/C27H25N.C8H9N/c1-18-7-13-24-22(11-10-20-9-8-19(2)28-17-20)16-27-23-6-4-3-5-21(23)12-14-25(27)26(24)15-18;1-3-8-4-2-7(1)5-6-9-8/h3,5,7-15,17,22H,4,6,16H2,1-2H3;1,3,5-6,9H,2,4H2/b11-10+;. The lowest BCUT2D eigenvalue weighted by molar-refractivity contribution is 0.805. The number of rotatable bonds is 2. The molecule has 5 aliphatic rings. The first-order valence-electron chi connectivity index (χ1n) is 13.5. The number of hydrogen-bond acceptors (Lipinski definition) is 2. The molecule has 0 amide bonds. The van der Waals surface area contributed by atoms with E-state index in [4.69, 9.17) is 0 Å². The van der Waals surface area contributed by atoms with Gasteiger partial charge in [0.1, 0.15) is 0 Å². The molecule has 1 aromatic heterocycles. The predicted octanol–water partition coefficient (Wildman–Crippen LogP) is 8.39. The van der Waals surface area contributed by atoms with Crippen LogP contribution in [0, 0.1) is 13.8 Å². The molecule has 2 heteroatoms. The normalized spacial score (nSPS) is 18.5. The number of nitrogens with zero attached hydrogens (tertiary/aromatic N) is 1. The first-order valence-corrected chi connectivity index (χ1v) is 13.5. The fourth-order valence-corrected chi connectivity index (χ4v) is 5.79. The maximum atomic E-state index is 4.43. The summed E-state index contributed by atoms with van der Waals surface area (Å²) in [6, 6.07) is 15.8. The van der Waals surface area contributed by atoms with Crippen molar-refractivity contribution in [3.05, 3.63) is 136 Å². The molecule has 2 bridgehead atoms. The fraction of sp³-hybridized carbons (Fsp3) is 0.229. The van der Waals surface area contributed by atoms with Crippen LogP contribution in [0.5, 0.6) is 0 Å². The van der Waals surface area contributed by atoms with Crippen LogP contribution in [-0.4, -0.2) is 4.98 Å². The van der Waals surface area contributed by atoms with Crippen molar-refractivity contribution in [3.63, 3.8) is 0 Å². The fourth-order valence-electron chi connectivity index (χ4n) is 5.79. The molecule has 1 unspecified atom stereocenters. The van der Waals surface area contributed by atoms with Crippen molar-refractivity contribution in [3.8, 4) is 11.1 Å². The van der Waals surface area contributed by atoms with E-state index in [1.807, 2.05) is 19.3 Å². The Kier molecular flexibility index (Phi) is 6.49. The Bertz CT molecular complexity index is 1480. The third kappa shape index (κ3) is 5.02. The molecule has 2 nitrogen and oxygen atoms in total. The molecule has 2 aromatic carbocycles. The van der Waals surface area contributed by atoms with E-state index < -0.39 is 0 Å². The monoisotopic (exact) mass is 482 g/mol. The van der Waals surface area contributed by atoms with E-state index in [0.29, 0.717) is 5.92 Å². The van der Waals surface area contributed by atoms with Gasteiger partial charge >= 0.3 is 0 Å². The van der Waals surface area contributed by atoms with Gasteiger partial charge in [0.25, 0.3) is 0 Å². The van der Waals surface area contributed by atoms with Crippen LogP contribution in [0.1, 0.15) is 64.3 Å². The van der Waals surface area contributed by atoms with Gasteiger partial charge in [-0.3, -0.25) is 4.98 Å². The van der Waals surface area contributed by atoms with Gasteiger partial charge in [0.15, 0.2) is 0 Å². The molecule has 3 aromatic rings. The van der Waals surface area contributed by atoms with Crippen molar-refractivity contribution >= 4 is 12.2 Å². The van der Waals surface area contributed by atoms with Crippen LogP contribution in [0.2, 0.25) is 0 Å². The van der Waals surface area contributed by atoms with Crippen LogP contribution in [0.3, 0.4) is 0 Å². The average Bonchev–Trinajstić information content (AvgIpc) is 3.31. The highest BCUT2D eigenvalue weighted by atomic mass is 14.9. The molecular formula is C35H34N2. The van der Waals surface area contributed by atoms with Crippen molar-refractivity contribution in [2.24, 2.45) is 0 Å². The van der Waals surface area contributed by atoms with Gasteiger partial charge in [-0.1, -0.05) is 72.3 Å². The minimum Gasteiger partial charge on any atom is -0.365 e. The van der Waals surface area contributed by atoms with Crippen LogP contribution in [0.4, 0.5) is 0 Å². The van der Waals surface area contributed by atoms with Gasteiger partial charge in [-0.2, -0.15) is 0 Å². The summed E-state index contributed by atoms with van der Waals surface area (Å²) in [6.07, 6.45) is 25.4.